The molecule has 2 heterocycles. The molecule has 2 aliphatic carbocycles. The number of amides is 1. The Labute approximate surface area is 192 Å². The van der Waals surface area contributed by atoms with Crippen LogP contribution in [0.5, 0.6) is 0 Å². The third-order valence-electron chi connectivity index (χ3n) is 7.56. The van der Waals surface area contributed by atoms with Gasteiger partial charge in [0.2, 0.25) is 0 Å². The molecule has 0 bridgehead atoms. The number of carbonyl (C=O) groups is 1. The van der Waals surface area contributed by atoms with Crippen molar-refractivity contribution in [1.29, 1.82) is 0 Å². The summed E-state index contributed by atoms with van der Waals surface area (Å²) in [5.41, 5.74) is 2.28. The van der Waals surface area contributed by atoms with E-state index in [0.717, 1.165) is 44.3 Å². The second-order valence-electron chi connectivity index (χ2n) is 9.92. The van der Waals surface area contributed by atoms with Crippen molar-refractivity contribution in [3.05, 3.63) is 35.6 Å². The molecule has 0 N–H and O–H groups in total. The average molecular weight is 436 g/mol. The van der Waals surface area contributed by atoms with E-state index in [2.05, 4.69) is 29.2 Å². The lowest BCUT2D eigenvalue weighted by atomic mass is 9.94. The van der Waals surface area contributed by atoms with Crippen LogP contribution in [0.3, 0.4) is 0 Å². The first-order valence-electron chi connectivity index (χ1n) is 12.9. The molecular weight excluding hydrogens is 398 g/mol. The van der Waals surface area contributed by atoms with Crippen molar-refractivity contribution in [3.63, 3.8) is 0 Å². The van der Waals surface area contributed by atoms with Crippen molar-refractivity contribution in [3.8, 4) is 0 Å². The van der Waals surface area contributed by atoms with Crippen LogP contribution < -0.4 is 4.90 Å². The third-order valence-corrected chi connectivity index (χ3v) is 7.56. The van der Waals surface area contributed by atoms with E-state index in [1.165, 1.54) is 63.5 Å². The average Bonchev–Trinajstić information content (AvgIpc) is 3.15. The largest absolute Gasteiger partial charge is 0.420 e. The van der Waals surface area contributed by atoms with Crippen LogP contribution in [0, 0.1) is 0 Å². The third kappa shape index (κ3) is 4.87. The number of rotatable bonds is 4. The van der Waals surface area contributed by atoms with Gasteiger partial charge in [0.05, 0.1) is 6.04 Å². The number of benzene rings is 1. The highest BCUT2D eigenvalue weighted by Crippen LogP contribution is 2.31. The molecule has 5 nitrogen and oxygen atoms in total. The Kier molecular flexibility index (Phi) is 6.80. The molecule has 0 unspecified atom stereocenters. The fourth-order valence-corrected chi connectivity index (χ4v) is 5.69. The predicted molar refractivity (Wildman–Crippen MR) is 130 cm³/mol. The first kappa shape index (κ1) is 21.5. The Morgan fingerprint density at radius 1 is 0.812 bits per heavy atom. The summed E-state index contributed by atoms with van der Waals surface area (Å²) >= 11 is 0. The summed E-state index contributed by atoms with van der Waals surface area (Å²) in [6.07, 6.45) is 17.5. The molecule has 0 radical (unpaired) electrons. The molecule has 5 rings (SSSR count). The molecule has 1 aromatic carbocycles. The van der Waals surface area contributed by atoms with Gasteiger partial charge in [0.1, 0.15) is 0 Å². The number of anilines is 1. The summed E-state index contributed by atoms with van der Waals surface area (Å²) in [5.74, 6) is 0.419. The second-order valence-corrected chi connectivity index (χ2v) is 9.92. The van der Waals surface area contributed by atoms with Crippen molar-refractivity contribution < 1.29 is 9.53 Å². The van der Waals surface area contributed by atoms with Gasteiger partial charge in [-0.05, 0) is 68.7 Å². The Hall–Kier alpha value is -2.30. The Bertz CT molecular complexity index is 842. The minimum Gasteiger partial charge on any atom is -0.420 e. The minimum absolute atomic E-state index is 0.00781. The number of hydrogen-bond acceptors (Lipinski definition) is 4. The van der Waals surface area contributed by atoms with Gasteiger partial charge < -0.3 is 9.64 Å². The maximum atomic E-state index is 13.4. The lowest BCUT2D eigenvalue weighted by molar-refractivity contribution is -0.124. The molecule has 2 saturated heterocycles. The predicted octanol–water partition coefficient (Wildman–Crippen LogP) is 5.90. The van der Waals surface area contributed by atoms with Crippen LogP contribution in [-0.2, 0) is 9.53 Å². The van der Waals surface area contributed by atoms with Crippen molar-refractivity contribution in [2.24, 2.45) is 4.99 Å². The van der Waals surface area contributed by atoms with Crippen molar-refractivity contribution >= 4 is 23.7 Å². The maximum Gasteiger partial charge on any atom is 0.300 e. The molecular formula is C27H37N3O2. The van der Waals surface area contributed by atoms with E-state index in [4.69, 9.17) is 9.73 Å². The lowest BCUT2D eigenvalue weighted by Crippen LogP contribution is -2.41. The Morgan fingerprint density at radius 3 is 2.12 bits per heavy atom. The highest BCUT2D eigenvalue weighted by atomic mass is 16.5. The quantitative estimate of drug-likeness (QED) is 0.553. The van der Waals surface area contributed by atoms with Crippen molar-refractivity contribution in [1.82, 2.24) is 4.90 Å². The van der Waals surface area contributed by atoms with E-state index in [0.29, 0.717) is 17.8 Å². The van der Waals surface area contributed by atoms with E-state index >= 15 is 0 Å². The molecule has 1 aromatic rings. The Balaban J connectivity index is 1.36. The fourth-order valence-electron chi connectivity index (χ4n) is 5.69. The van der Waals surface area contributed by atoms with E-state index in [-0.39, 0.29) is 11.9 Å². The molecule has 2 aliphatic heterocycles. The summed E-state index contributed by atoms with van der Waals surface area (Å²) in [5, 5.41) is 0. The van der Waals surface area contributed by atoms with Gasteiger partial charge in [-0.3, -0.25) is 9.69 Å². The number of piperidine rings is 1. The van der Waals surface area contributed by atoms with Crippen LogP contribution in [0.15, 0.2) is 35.0 Å². The molecule has 4 fully saturated rings. The normalized spacial score (nSPS) is 26.2. The van der Waals surface area contributed by atoms with E-state index in [9.17, 15) is 4.79 Å². The molecule has 2 saturated carbocycles. The van der Waals surface area contributed by atoms with E-state index < -0.39 is 0 Å². The highest BCUT2D eigenvalue weighted by molar-refractivity contribution is 6.11. The standard InChI is InChI=1S/C27H37N3O2/c31-26-25(20-21-14-16-23(17-15-21)29-18-8-3-9-19-29)32-27(28-22-10-4-1-5-11-22)30(26)24-12-6-2-7-13-24/h14-17,20,22,24H,1-13,18-19H2. The number of aliphatic imine (C=N–C) groups is 1. The van der Waals surface area contributed by atoms with Crippen LogP contribution in [-0.4, -0.2) is 42.0 Å². The van der Waals surface area contributed by atoms with Crippen LogP contribution in [0.25, 0.3) is 6.08 Å². The number of carbonyl (C=O) groups excluding carboxylic acids is 1. The number of ether oxygens (including phenoxy) is 1. The smallest absolute Gasteiger partial charge is 0.300 e. The van der Waals surface area contributed by atoms with Gasteiger partial charge >= 0.3 is 6.02 Å². The van der Waals surface area contributed by atoms with Gasteiger partial charge in [0.25, 0.3) is 5.91 Å². The van der Waals surface area contributed by atoms with Gasteiger partial charge in [-0.25, -0.2) is 4.99 Å². The zero-order valence-electron chi connectivity index (χ0n) is 19.3. The van der Waals surface area contributed by atoms with Crippen LogP contribution in [0.1, 0.15) is 89.0 Å². The number of hydrogen-bond donors (Lipinski definition) is 0. The molecule has 0 aromatic heterocycles. The minimum atomic E-state index is -0.00781. The lowest BCUT2D eigenvalue weighted by Gasteiger charge is -2.29. The maximum absolute atomic E-state index is 13.4. The fraction of sp³-hybridized carbons (Fsp3) is 0.630. The van der Waals surface area contributed by atoms with Gasteiger partial charge in [0.15, 0.2) is 5.76 Å². The van der Waals surface area contributed by atoms with E-state index in [1.807, 2.05) is 11.0 Å². The second kappa shape index (κ2) is 10.1. The molecule has 5 heteroatoms. The van der Waals surface area contributed by atoms with Crippen molar-refractivity contribution in [2.75, 3.05) is 18.0 Å². The summed E-state index contributed by atoms with van der Waals surface area (Å²) in [7, 11) is 0. The first-order valence-corrected chi connectivity index (χ1v) is 12.9. The molecule has 172 valence electrons. The van der Waals surface area contributed by atoms with Gasteiger partial charge in [-0.2, -0.15) is 0 Å². The van der Waals surface area contributed by atoms with Gasteiger partial charge in [-0.1, -0.05) is 50.7 Å². The van der Waals surface area contributed by atoms with Crippen LogP contribution in [0.4, 0.5) is 5.69 Å². The summed E-state index contributed by atoms with van der Waals surface area (Å²) in [6, 6.07) is 9.64. The van der Waals surface area contributed by atoms with Crippen molar-refractivity contribution in [2.45, 2.75) is 95.6 Å². The van der Waals surface area contributed by atoms with Gasteiger partial charge in [-0.15, -0.1) is 0 Å². The van der Waals surface area contributed by atoms with Crippen LogP contribution in [0.2, 0.25) is 0 Å². The topological polar surface area (TPSA) is 45.1 Å². The van der Waals surface area contributed by atoms with Crippen LogP contribution >= 0.6 is 0 Å². The molecule has 0 spiro atoms. The van der Waals surface area contributed by atoms with E-state index in [1.54, 1.807) is 0 Å². The molecule has 1 amide bonds. The molecule has 0 atom stereocenters. The summed E-state index contributed by atoms with van der Waals surface area (Å²) < 4.78 is 6.17. The Morgan fingerprint density at radius 2 is 1.44 bits per heavy atom. The van der Waals surface area contributed by atoms with Gasteiger partial charge in [0, 0.05) is 24.8 Å². The molecule has 4 aliphatic rings. The zero-order valence-corrected chi connectivity index (χ0v) is 19.3. The first-order chi connectivity index (χ1) is 15.8. The monoisotopic (exact) mass is 435 g/mol. The zero-order chi connectivity index (χ0) is 21.8. The summed E-state index contributed by atoms with van der Waals surface area (Å²) in [4.78, 5) is 22.7. The number of nitrogens with zero attached hydrogens (tertiary/aromatic N) is 3. The number of amidine groups is 1. The SMILES string of the molecule is O=C1C(=Cc2ccc(N3CCCCC3)cc2)OC(=NC2CCCCC2)N1C1CCCCC1. The molecule has 32 heavy (non-hydrogen) atoms. The summed E-state index contributed by atoms with van der Waals surface area (Å²) in [6.45, 7) is 2.28. The highest BCUT2D eigenvalue weighted by Gasteiger charge is 2.40.